The number of hydrogen-bond donors (Lipinski definition) is 1. The van der Waals surface area contributed by atoms with E-state index >= 15 is 0 Å². The molecule has 0 aliphatic carbocycles. The van der Waals surface area contributed by atoms with Crippen molar-refractivity contribution >= 4 is 11.3 Å². The van der Waals surface area contributed by atoms with Crippen molar-refractivity contribution in [2.24, 2.45) is 11.1 Å². The van der Waals surface area contributed by atoms with Gasteiger partial charge in [-0.05, 0) is 32.1 Å². The summed E-state index contributed by atoms with van der Waals surface area (Å²) in [5.74, 6) is 0. The lowest BCUT2D eigenvalue weighted by atomic mass is 9.88. The molecule has 1 aromatic heterocycles. The number of nitrogens with zero attached hydrogens (tertiary/aromatic N) is 1. The molecule has 0 bridgehead atoms. The van der Waals surface area contributed by atoms with Crippen molar-refractivity contribution in [2.45, 2.75) is 53.5 Å². The minimum atomic E-state index is 0.162. The highest BCUT2D eigenvalue weighted by Gasteiger charge is 2.17. The number of hydrogen-bond acceptors (Lipinski definition) is 3. The van der Waals surface area contributed by atoms with E-state index in [4.69, 9.17) is 5.73 Å². The van der Waals surface area contributed by atoms with Gasteiger partial charge >= 0.3 is 0 Å². The lowest BCUT2D eigenvalue weighted by Crippen LogP contribution is -2.14. The molecule has 0 fully saturated rings. The third-order valence-corrected chi connectivity index (χ3v) is 3.69. The number of nitrogens with two attached hydrogens (primary N) is 1. The molecule has 1 rings (SSSR count). The summed E-state index contributed by atoms with van der Waals surface area (Å²) in [5.41, 5.74) is 7.66. The minimum absolute atomic E-state index is 0.162. The maximum Gasteiger partial charge on any atom is 0.0900 e. The summed E-state index contributed by atoms with van der Waals surface area (Å²) < 4.78 is 0. The van der Waals surface area contributed by atoms with Gasteiger partial charge in [-0.1, -0.05) is 20.8 Å². The molecule has 0 spiro atoms. The van der Waals surface area contributed by atoms with Gasteiger partial charge in [0.2, 0.25) is 0 Å². The van der Waals surface area contributed by atoms with Gasteiger partial charge in [0.1, 0.15) is 0 Å². The molecule has 1 aromatic rings. The van der Waals surface area contributed by atoms with Crippen molar-refractivity contribution in [1.29, 1.82) is 0 Å². The van der Waals surface area contributed by atoms with Crippen LogP contribution in [0.15, 0.2) is 0 Å². The molecule has 15 heavy (non-hydrogen) atoms. The third kappa shape index (κ3) is 3.92. The molecule has 0 aliphatic rings. The van der Waals surface area contributed by atoms with Gasteiger partial charge in [0.25, 0.3) is 0 Å². The summed E-state index contributed by atoms with van der Waals surface area (Å²) in [4.78, 5) is 5.68. The topological polar surface area (TPSA) is 38.9 Å². The lowest BCUT2D eigenvalue weighted by molar-refractivity contribution is 0.350. The van der Waals surface area contributed by atoms with Crippen LogP contribution in [0.4, 0.5) is 0 Å². The molecule has 0 aromatic carbocycles. The molecule has 1 unspecified atom stereocenters. The number of rotatable bonds is 3. The van der Waals surface area contributed by atoms with Crippen molar-refractivity contribution in [3.05, 3.63) is 15.6 Å². The fraction of sp³-hybridized carbons (Fsp3) is 0.750. The molecule has 0 aliphatic heterocycles. The highest BCUT2D eigenvalue weighted by molar-refractivity contribution is 7.11. The Hall–Kier alpha value is -0.410. The first-order valence-electron chi connectivity index (χ1n) is 5.49. The van der Waals surface area contributed by atoms with E-state index < -0.39 is 0 Å². The van der Waals surface area contributed by atoms with E-state index in [1.165, 1.54) is 4.88 Å². The number of aryl methyl sites for hydroxylation is 2. The second-order valence-electron chi connectivity index (χ2n) is 5.39. The van der Waals surface area contributed by atoms with E-state index in [0.29, 0.717) is 5.41 Å². The summed E-state index contributed by atoms with van der Waals surface area (Å²) in [6.07, 6.45) is 2.20. The second kappa shape index (κ2) is 4.62. The van der Waals surface area contributed by atoms with Crippen molar-refractivity contribution in [1.82, 2.24) is 4.98 Å². The Morgan fingerprint density at radius 3 is 2.33 bits per heavy atom. The summed E-state index contributed by atoms with van der Waals surface area (Å²) in [7, 11) is 0. The van der Waals surface area contributed by atoms with Gasteiger partial charge in [-0.2, -0.15) is 0 Å². The Labute approximate surface area is 96.9 Å². The number of aromatic nitrogens is 1. The normalized spacial score (nSPS) is 14.3. The van der Waals surface area contributed by atoms with Crippen LogP contribution in [0.2, 0.25) is 0 Å². The first-order chi connectivity index (χ1) is 6.79. The first kappa shape index (κ1) is 12.7. The largest absolute Gasteiger partial charge is 0.323 e. The third-order valence-electron chi connectivity index (χ3n) is 2.48. The van der Waals surface area contributed by atoms with Gasteiger partial charge < -0.3 is 5.73 Å². The Kier molecular flexibility index (Phi) is 3.90. The van der Waals surface area contributed by atoms with Crippen molar-refractivity contribution in [3.63, 3.8) is 0 Å². The molecule has 0 amide bonds. The van der Waals surface area contributed by atoms with Crippen molar-refractivity contribution < 1.29 is 0 Å². The molecular weight excluding hydrogens is 204 g/mol. The zero-order chi connectivity index (χ0) is 11.6. The second-order valence-corrected chi connectivity index (χ2v) is 6.62. The predicted molar refractivity (Wildman–Crippen MR) is 67.2 cm³/mol. The molecule has 1 atom stereocenters. The van der Waals surface area contributed by atoms with Gasteiger partial charge in [-0.25, -0.2) is 4.98 Å². The van der Waals surface area contributed by atoms with E-state index in [-0.39, 0.29) is 6.04 Å². The van der Waals surface area contributed by atoms with Crippen LogP contribution >= 0.6 is 11.3 Å². The molecule has 0 saturated heterocycles. The molecule has 2 N–H and O–H groups in total. The summed E-state index contributed by atoms with van der Waals surface area (Å²) in [5, 5.41) is 1.12. The smallest absolute Gasteiger partial charge is 0.0900 e. The van der Waals surface area contributed by atoms with Crippen LogP contribution in [-0.4, -0.2) is 4.98 Å². The summed E-state index contributed by atoms with van der Waals surface area (Å²) in [6, 6.07) is 0.162. The zero-order valence-corrected chi connectivity index (χ0v) is 11.2. The van der Waals surface area contributed by atoms with Crippen LogP contribution in [-0.2, 0) is 0 Å². The molecule has 3 heteroatoms. The monoisotopic (exact) mass is 226 g/mol. The van der Waals surface area contributed by atoms with Crippen LogP contribution in [0.25, 0.3) is 0 Å². The molecular formula is C12H22N2S. The van der Waals surface area contributed by atoms with Crippen LogP contribution < -0.4 is 5.73 Å². The fourth-order valence-corrected chi connectivity index (χ4v) is 2.57. The fourth-order valence-electron chi connectivity index (χ4n) is 1.61. The van der Waals surface area contributed by atoms with E-state index in [2.05, 4.69) is 32.7 Å². The number of thiazole rings is 1. The average molecular weight is 226 g/mol. The van der Waals surface area contributed by atoms with Gasteiger partial charge in [0, 0.05) is 10.9 Å². The molecule has 2 nitrogen and oxygen atoms in total. The van der Waals surface area contributed by atoms with Crippen LogP contribution in [0.3, 0.4) is 0 Å². The molecule has 1 heterocycles. The first-order valence-corrected chi connectivity index (χ1v) is 6.31. The summed E-state index contributed by atoms with van der Waals surface area (Å²) >= 11 is 1.74. The Morgan fingerprint density at radius 2 is 1.93 bits per heavy atom. The van der Waals surface area contributed by atoms with E-state index in [1.54, 1.807) is 11.3 Å². The van der Waals surface area contributed by atoms with Gasteiger partial charge in [0.15, 0.2) is 0 Å². The SMILES string of the molecule is Cc1nc(C)c(C(N)CCC(C)(C)C)s1. The maximum atomic E-state index is 6.19. The van der Waals surface area contributed by atoms with Gasteiger partial charge in [-0.15, -0.1) is 11.3 Å². The lowest BCUT2D eigenvalue weighted by Gasteiger charge is -2.20. The Balaban J connectivity index is 2.61. The van der Waals surface area contributed by atoms with Gasteiger partial charge in [-0.3, -0.25) is 0 Å². The van der Waals surface area contributed by atoms with Crippen LogP contribution in [0.5, 0.6) is 0 Å². The molecule has 0 radical (unpaired) electrons. The average Bonchev–Trinajstić information content (AvgIpc) is 2.40. The van der Waals surface area contributed by atoms with Crippen molar-refractivity contribution in [3.8, 4) is 0 Å². The molecule has 0 saturated carbocycles. The summed E-state index contributed by atoms with van der Waals surface area (Å²) in [6.45, 7) is 10.9. The Morgan fingerprint density at radius 1 is 1.33 bits per heavy atom. The Bertz CT molecular complexity index is 323. The van der Waals surface area contributed by atoms with E-state index in [0.717, 1.165) is 23.5 Å². The van der Waals surface area contributed by atoms with E-state index in [9.17, 15) is 0 Å². The van der Waals surface area contributed by atoms with Crippen LogP contribution in [0.1, 0.15) is 55.2 Å². The predicted octanol–water partition coefficient (Wildman–Crippen LogP) is 3.59. The highest BCUT2D eigenvalue weighted by atomic mass is 32.1. The van der Waals surface area contributed by atoms with Gasteiger partial charge in [0.05, 0.1) is 10.7 Å². The minimum Gasteiger partial charge on any atom is -0.323 e. The standard InChI is InChI=1S/C12H22N2S/c1-8-11(15-9(2)14-8)10(13)6-7-12(3,4)5/h10H,6-7,13H2,1-5H3. The van der Waals surface area contributed by atoms with E-state index in [1.807, 2.05) is 6.92 Å². The van der Waals surface area contributed by atoms with Crippen LogP contribution in [0, 0.1) is 19.3 Å². The van der Waals surface area contributed by atoms with Crippen molar-refractivity contribution in [2.75, 3.05) is 0 Å². The maximum absolute atomic E-state index is 6.19. The quantitative estimate of drug-likeness (QED) is 0.855. The molecule has 86 valence electrons. The zero-order valence-electron chi connectivity index (χ0n) is 10.4. The highest BCUT2D eigenvalue weighted by Crippen LogP contribution is 2.30.